The smallest absolute Gasteiger partial charge is 0.161 e. The molecule has 1 aromatic carbocycles. The van der Waals surface area contributed by atoms with Crippen LogP contribution in [0, 0.1) is 6.92 Å². The van der Waals surface area contributed by atoms with Gasteiger partial charge in [-0.1, -0.05) is 24.1 Å². The Labute approximate surface area is 143 Å². The molecule has 1 atom stereocenters. The number of aryl methyl sites for hydroxylation is 1. The van der Waals surface area contributed by atoms with Crippen LogP contribution < -0.4 is 4.74 Å². The fourth-order valence-corrected chi connectivity index (χ4v) is 3.38. The molecule has 1 aliphatic heterocycles. The van der Waals surface area contributed by atoms with E-state index < -0.39 is 0 Å². The van der Waals surface area contributed by atoms with Crippen LogP contribution in [-0.4, -0.2) is 28.3 Å². The summed E-state index contributed by atoms with van der Waals surface area (Å²) in [4.78, 5) is 2.45. The predicted octanol–water partition coefficient (Wildman–Crippen LogP) is 4.20. The lowest BCUT2D eigenvalue weighted by Gasteiger charge is -2.28. The van der Waals surface area contributed by atoms with Gasteiger partial charge in [0.1, 0.15) is 0 Å². The largest absolute Gasteiger partial charge is 0.504 e. The van der Waals surface area contributed by atoms with Gasteiger partial charge < -0.3 is 14.4 Å². The first-order valence-electron chi connectivity index (χ1n) is 8.79. The molecule has 1 saturated heterocycles. The highest BCUT2D eigenvalue weighted by Crippen LogP contribution is 2.33. The van der Waals surface area contributed by atoms with Crippen LogP contribution in [0.2, 0.25) is 0 Å². The Morgan fingerprint density at radius 1 is 1.29 bits per heavy atom. The average Bonchev–Trinajstić information content (AvgIpc) is 2.86. The minimum absolute atomic E-state index is 0.193. The van der Waals surface area contributed by atoms with Gasteiger partial charge in [0.05, 0.1) is 18.3 Å². The Hall–Kier alpha value is -2.01. The quantitative estimate of drug-likeness (QED) is 0.890. The number of likely N-dealkylation sites (tertiary alicyclic amines) is 1. The summed E-state index contributed by atoms with van der Waals surface area (Å²) in [6.07, 6.45) is 4.74. The molecule has 130 valence electrons. The van der Waals surface area contributed by atoms with Crippen molar-refractivity contribution in [2.24, 2.45) is 0 Å². The fraction of sp³-hybridized carbons (Fsp3) is 0.526. The number of aromatic hydroxyl groups is 1. The molecule has 0 saturated carbocycles. The summed E-state index contributed by atoms with van der Waals surface area (Å²) >= 11 is 0. The highest BCUT2D eigenvalue weighted by Gasteiger charge is 2.26. The SMILES string of the molecule is CCOc1cc(CN2CCCCCC2c2cc(C)no2)ccc1O. The summed E-state index contributed by atoms with van der Waals surface area (Å²) in [6.45, 7) is 6.27. The summed E-state index contributed by atoms with van der Waals surface area (Å²) in [6, 6.07) is 7.92. The lowest BCUT2D eigenvalue weighted by Crippen LogP contribution is -2.28. The monoisotopic (exact) mass is 330 g/mol. The van der Waals surface area contributed by atoms with Crippen molar-refractivity contribution in [2.45, 2.75) is 52.1 Å². The Morgan fingerprint density at radius 3 is 2.92 bits per heavy atom. The first kappa shape index (κ1) is 16.8. The Bertz CT molecular complexity index is 668. The summed E-state index contributed by atoms with van der Waals surface area (Å²) in [5.74, 6) is 1.70. The standard InChI is InChI=1S/C19H26N2O3/c1-3-23-19-12-15(8-9-17(19)22)13-21-10-6-4-5-7-16(21)18-11-14(2)20-24-18/h8-9,11-12,16,22H,3-7,10,13H2,1-2H3. The van der Waals surface area contributed by atoms with E-state index in [0.29, 0.717) is 12.4 Å². The number of benzene rings is 1. The van der Waals surface area contributed by atoms with Crippen molar-refractivity contribution < 1.29 is 14.4 Å². The molecule has 3 rings (SSSR count). The zero-order valence-electron chi connectivity index (χ0n) is 14.5. The maximum absolute atomic E-state index is 9.89. The summed E-state index contributed by atoms with van der Waals surface area (Å²) in [7, 11) is 0. The summed E-state index contributed by atoms with van der Waals surface area (Å²) in [5, 5.41) is 13.9. The van der Waals surface area contributed by atoms with Crippen LogP contribution >= 0.6 is 0 Å². The van der Waals surface area contributed by atoms with Crippen LogP contribution in [-0.2, 0) is 6.54 Å². The van der Waals surface area contributed by atoms with E-state index in [4.69, 9.17) is 9.26 Å². The zero-order chi connectivity index (χ0) is 16.9. The van der Waals surface area contributed by atoms with Crippen molar-refractivity contribution in [2.75, 3.05) is 13.2 Å². The van der Waals surface area contributed by atoms with Gasteiger partial charge in [-0.05, 0) is 50.9 Å². The summed E-state index contributed by atoms with van der Waals surface area (Å²) in [5.41, 5.74) is 2.07. The number of phenols is 1. The van der Waals surface area contributed by atoms with Crippen molar-refractivity contribution in [3.8, 4) is 11.5 Å². The maximum Gasteiger partial charge on any atom is 0.161 e. The lowest BCUT2D eigenvalue weighted by molar-refractivity contribution is 0.160. The van der Waals surface area contributed by atoms with Gasteiger partial charge in [0, 0.05) is 12.6 Å². The van der Waals surface area contributed by atoms with Gasteiger partial charge in [0.25, 0.3) is 0 Å². The van der Waals surface area contributed by atoms with Crippen molar-refractivity contribution in [1.29, 1.82) is 0 Å². The molecule has 1 unspecified atom stereocenters. The summed E-state index contributed by atoms with van der Waals surface area (Å²) < 4.78 is 11.1. The molecular weight excluding hydrogens is 304 g/mol. The zero-order valence-corrected chi connectivity index (χ0v) is 14.5. The topological polar surface area (TPSA) is 58.7 Å². The second-order valence-corrected chi connectivity index (χ2v) is 6.44. The van der Waals surface area contributed by atoms with E-state index in [2.05, 4.69) is 10.1 Å². The molecule has 1 aliphatic rings. The van der Waals surface area contributed by atoms with Crippen LogP contribution in [0.25, 0.3) is 0 Å². The first-order valence-corrected chi connectivity index (χ1v) is 8.79. The minimum Gasteiger partial charge on any atom is -0.504 e. The van der Waals surface area contributed by atoms with Gasteiger partial charge in [-0.2, -0.15) is 0 Å². The molecule has 5 heteroatoms. The van der Waals surface area contributed by atoms with E-state index in [9.17, 15) is 5.11 Å². The second-order valence-electron chi connectivity index (χ2n) is 6.44. The van der Waals surface area contributed by atoms with Crippen LogP contribution in [0.15, 0.2) is 28.8 Å². The Morgan fingerprint density at radius 2 is 2.17 bits per heavy atom. The number of ether oxygens (including phenoxy) is 1. The van der Waals surface area contributed by atoms with Crippen molar-refractivity contribution in [3.63, 3.8) is 0 Å². The maximum atomic E-state index is 9.89. The third-order valence-electron chi connectivity index (χ3n) is 4.55. The lowest BCUT2D eigenvalue weighted by atomic mass is 10.1. The molecule has 1 N–H and O–H groups in total. The highest BCUT2D eigenvalue weighted by molar-refractivity contribution is 5.41. The number of phenolic OH excluding ortho intramolecular Hbond substituents is 1. The Kier molecular flexibility index (Phi) is 5.41. The van der Waals surface area contributed by atoms with Gasteiger partial charge in [-0.25, -0.2) is 0 Å². The average molecular weight is 330 g/mol. The second kappa shape index (κ2) is 7.71. The molecule has 1 aromatic heterocycles. The number of nitrogens with zero attached hydrogens (tertiary/aromatic N) is 2. The third-order valence-corrected chi connectivity index (χ3v) is 4.55. The molecule has 2 aromatic rings. The molecule has 2 heterocycles. The number of aromatic nitrogens is 1. The van der Waals surface area contributed by atoms with E-state index in [-0.39, 0.29) is 11.8 Å². The van der Waals surface area contributed by atoms with Gasteiger partial charge >= 0.3 is 0 Å². The highest BCUT2D eigenvalue weighted by atomic mass is 16.5. The number of hydrogen-bond acceptors (Lipinski definition) is 5. The van der Waals surface area contributed by atoms with Crippen LogP contribution in [0.3, 0.4) is 0 Å². The van der Waals surface area contributed by atoms with Gasteiger partial charge in [-0.3, -0.25) is 4.90 Å². The van der Waals surface area contributed by atoms with Crippen LogP contribution in [0.4, 0.5) is 0 Å². The van der Waals surface area contributed by atoms with E-state index in [1.807, 2.05) is 32.0 Å². The minimum atomic E-state index is 0.193. The fourth-order valence-electron chi connectivity index (χ4n) is 3.38. The predicted molar refractivity (Wildman–Crippen MR) is 92.1 cm³/mol. The first-order chi connectivity index (χ1) is 11.7. The van der Waals surface area contributed by atoms with Crippen molar-refractivity contribution >= 4 is 0 Å². The van der Waals surface area contributed by atoms with E-state index in [0.717, 1.165) is 36.5 Å². The molecule has 0 spiro atoms. The van der Waals surface area contributed by atoms with Gasteiger partial charge in [-0.15, -0.1) is 0 Å². The molecule has 0 bridgehead atoms. The van der Waals surface area contributed by atoms with Crippen molar-refractivity contribution in [1.82, 2.24) is 10.1 Å². The van der Waals surface area contributed by atoms with Crippen molar-refractivity contribution in [3.05, 3.63) is 41.3 Å². The third kappa shape index (κ3) is 3.90. The van der Waals surface area contributed by atoms with Crippen LogP contribution in [0.5, 0.6) is 11.5 Å². The van der Waals surface area contributed by atoms with Gasteiger partial charge in [0.2, 0.25) is 0 Å². The molecular formula is C19H26N2O3. The normalized spacial score (nSPS) is 19.2. The number of rotatable bonds is 5. The van der Waals surface area contributed by atoms with E-state index >= 15 is 0 Å². The van der Waals surface area contributed by atoms with Crippen LogP contribution in [0.1, 0.15) is 55.7 Å². The molecule has 0 radical (unpaired) electrons. The molecule has 24 heavy (non-hydrogen) atoms. The number of hydrogen-bond donors (Lipinski definition) is 1. The van der Waals surface area contributed by atoms with E-state index in [1.54, 1.807) is 6.07 Å². The molecule has 1 fully saturated rings. The Balaban J connectivity index is 1.81. The van der Waals surface area contributed by atoms with Gasteiger partial charge in [0.15, 0.2) is 17.3 Å². The molecule has 0 aliphatic carbocycles. The van der Waals surface area contributed by atoms with E-state index in [1.165, 1.54) is 19.3 Å². The molecule has 5 nitrogen and oxygen atoms in total. The molecule has 0 amide bonds.